The van der Waals surface area contributed by atoms with Crippen LogP contribution in [0.2, 0.25) is 32.2 Å². The third-order valence-electron chi connectivity index (χ3n) is 2.18. The van der Waals surface area contributed by atoms with Crippen molar-refractivity contribution in [1.82, 2.24) is 4.98 Å². The van der Waals surface area contributed by atoms with E-state index in [0.29, 0.717) is 0 Å². The Morgan fingerprint density at radius 1 is 1.08 bits per heavy atom. The van der Waals surface area contributed by atoms with E-state index in [1.165, 1.54) is 12.5 Å². The molecule has 0 heterocycles. The molecule has 80 valence electrons. The van der Waals surface area contributed by atoms with Gasteiger partial charge in [-0.05, 0) is 45.2 Å². The Hall–Kier alpha value is 0.354. The van der Waals surface area contributed by atoms with Crippen molar-refractivity contribution in [3.8, 4) is 0 Å². The zero-order chi connectivity index (χ0) is 10.5. The van der Waals surface area contributed by atoms with Crippen molar-refractivity contribution >= 4 is 16.8 Å². The van der Waals surface area contributed by atoms with E-state index in [1.807, 2.05) is 0 Å². The fourth-order valence-electron chi connectivity index (χ4n) is 1.23. The largest absolute Gasteiger partial charge is 0.445 e. The fraction of sp³-hybridized carbons (Fsp3) is 1.00. The molecule has 0 unspecified atom stereocenters. The summed E-state index contributed by atoms with van der Waals surface area (Å²) >= 11 is 0. The molecule has 0 spiro atoms. The Morgan fingerprint density at radius 2 is 1.62 bits per heavy atom. The smallest absolute Gasteiger partial charge is 0.251 e. The van der Waals surface area contributed by atoms with Crippen LogP contribution in [-0.2, 0) is 4.12 Å². The first kappa shape index (κ1) is 13.4. The third kappa shape index (κ3) is 6.43. The van der Waals surface area contributed by atoms with Gasteiger partial charge in [-0.1, -0.05) is 13.8 Å². The van der Waals surface area contributed by atoms with Crippen LogP contribution in [0.25, 0.3) is 0 Å². The predicted molar refractivity (Wildman–Crippen MR) is 64.8 cm³/mol. The molecule has 1 N–H and O–H groups in total. The van der Waals surface area contributed by atoms with Gasteiger partial charge in [0.2, 0.25) is 0 Å². The summed E-state index contributed by atoms with van der Waals surface area (Å²) in [7, 11) is -2.93. The van der Waals surface area contributed by atoms with Crippen molar-refractivity contribution in [3.05, 3.63) is 0 Å². The number of nitrogens with one attached hydrogen (secondary N) is 1. The van der Waals surface area contributed by atoms with E-state index in [1.54, 1.807) is 0 Å². The summed E-state index contributed by atoms with van der Waals surface area (Å²) in [6.07, 6.45) is 1.19. The van der Waals surface area contributed by atoms with E-state index in [4.69, 9.17) is 4.12 Å². The molecule has 4 heteroatoms. The molecule has 0 aromatic rings. The van der Waals surface area contributed by atoms with E-state index in [-0.39, 0.29) is 0 Å². The first-order valence-electron chi connectivity index (χ1n) is 5.28. The quantitative estimate of drug-likeness (QED) is 0.694. The maximum Gasteiger partial charge on any atom is 0.251 e. The van der Waals surface area contributed by atoms with Crippen molar-refractivity contribution in [2.45, 2.75) is 52.5 Å². The van der Waals surface area contributed by atoms with Crippen LogP contribution >= 0.6 is 0 Å². The third-order valence-corrected chi connectivity index (χ3v) is 9.24. The van der Waals surface area contributed by atoms with E-state index in [9.17, 15) is 0 Å². The molecule has 2 nitrogen and oxygen atoms in total. The zero-order valence-corrected chi connectivity index (χ0v) is 12.0. The van der Waals surface area contributed by atoms with E-state index < -0.39 is 16.8 Å². The first-order chi connectivity index (χ1) is 5.83. The van der Waals surface area contributed by atoms with Crippen molar-refractivity contribution in [2.24, 2.45) is 0 Å². The fourth-order valence-corrected chi connectivity index (χ4v) is 8.47. The molecule has 0 saturated carbocycles. The van der Waals surface area contributed by atoms with Gasteiger partial charge in [-0.25, -0.2) is 0 Å². The van der Waals surface area contributed by atoms with Gasteiger partial charge in [0.25, 0.3) is 8.48 Å². The van der Waals surface area contributed by atoms with Gasteiger partial charge in [-0.15, -0.1) is 0 Å². The zero-order valence-electron chi connectivity index (χ0n) is 10.0. The summed E-state index contributed by atoms with van der Waals surface area (Å²) in [4.78, 5) is 3.55. The number of hydrogen-bond acceptors (Lipinski definition) is 2. The van der Waals surface area contributed by atoms with E-state index in [2.05, 4.69) is 45.0 Å². The van der Waals surface area contributed by atoms with Gasteiger partial charge in [0.15, 0.2) is 8.32 Å². The highest BCUT2D eigenvalue weighted by Gasteiger charge is 2.31. The molecule has 0 aliphatic heterocycles. The molecule has 0 aliphatic carbocycles. The molecule has 0 aromatic heterocycles. The van der Waals surface area contributed by atoms with Crippen molar-refractivity contribution in [2.75, 3.05) is 6.54 Å². The van der Waals surface area contributed by atoms with Crippen molar-refractivity contribution in [1.29, 1.82) is 0 Å². The summed E-state index contributed by atoms with van der Waals surface area (Å²) in [5.41, 5.74) is 0. The van der Waals surface area contributed by atoms with Gasteiger partial charge in [0.1, 0.15) is 0 Å². The Bertz CT molecular complexity index is 149. The Kier molecular flexibility index (Phi) is 5.43. The molecule has 0 bridgehead atoms. The molecule has 0 fully saturated rings. The Morgan fingerprint density at radius 3 is 2.00 bits per heavy atom. The van der Waals surface area contributed by atoms with Crippen LogP contribution in [0.1, 0.15) is 20.3 Å². The average Bonchev–Trinajstić information content (AvgIpc) is 1.99. The van der Waals surface area contributed by atoms with Gasteiger partial charge >= 0.3 is 0 Å². The summed E-state index contributed by atoms with van der Waals surface area (Å²) in [5, 5.41) is 0. The molecular weight excluding hydrogens is 194 g/mol. The SMILES string of the molecule is CCCN[Si](C)(C)O[Si](C)(C)CC. The lowest BCUT2D eigenvalue weighted by atomic mass is 10.5. The minimum atomic E-state index is -1.57. The van der Waals surface area contributed by atoms with Gasteiger partial charge in [-0.2, -0.15) is 0 Å². The lowest BCUT2D eigenvalue weighted by molar-refractivity contribution is 0.518. The van der Waals surface area contributed by atoms with Crippen molar-refractivity contribution < 1.29 is 4.12 Å². The molecule has 0 atom stereocenters. The second-order valence-electron chi connectivity index (χ2n) is 4.65. The molecule has 0 saturated heterocycles. The highest BCUT2D eigenvalue weighted by atomic mass is 28.4. The van der Waals surface area contributed by atoms with Crippen LogP contribution in [0.4, 0.5) is 0 Å². The minimum absolute atomic E-state index is 1.09. The molecule has 13 heavy (non-hydrogen) atoms. The first-order valence-corrected chi connectivity index (χ1v) is 11.3. The lowest BCUT2D eigenvalue weighted by Crippen LogP contribution is -2.54. The Balaban J connectivity index is 4.00. The highest BCUT2D eigenvalue weighted by molar-refractivity contribution is 6.83. The molecule has 0 aromatic carbocycles. The standard InChI is InChI=1S/C9H25NOSi2/c1-7-9-10-13(5,6)11-12(3,4)8-2/h10H,7-9H2,1-6H3. The van der Waals surface area contributed by atoms with Crippen LogP contribution in [0.5, 0.6) is 0 Å². The second kappa shape index (κ2) is 5.29. The van der Waals surface area contributed by atoms with Gasteiger partial charge in [-0.3, -0.25) is 0 Å². The molecule has 0 rings (SSSR count). The molecule has 0 radical (unpaired) electrons. The van der Waals surface area contributed by atoms with E-state index in [0.717, 1.165) is 6.54 Å². The normalized spacial score (nSPS) is 13.4. The van der Waals surface area contributed by atoms with Crippen LogP contribution in [0.3, 0.4) is 0 Å². The van der Waals surface area contributed by atoms with Crippen LogP contribution < -0.4 is 4.98 Å². The molecular formula is C9H25NOSi2. The summed E-state index contributed by atoms with van der Waals surface area (Å²) in [5.74, 6) is 0. The van der Waals surface area contributed by atoms with E-state index >= 15 is 0 Å². The maximum atomic E-state index is 6.24. The van der Waals surface area contributed by atoms with Crippen molar-refractivity contribution in [3.63, 3.8) is 0 Å². The monoisotopic (exact) mass is 219 g/mol. The van der Waals surface area contributed by atoms with Gasteiger partial charge in [0, 0.05) is 0 Å². The molecule has 0 amide bonds. The van der Waals surface area contributed by atoms with Gasteiger partial charge in [0.05, 0.1) is 0 Å². The topological polar surface area (TPSA) is 21.3 Å². The maximum absolute atomic E-state index is 6.24. The predicted octanol–water partition coefficient (Wildman–Crippen LogP) is 2.93. The summed E-state index contributed by atoms with van der Waals surface area (Å²) in [6.45, 7) is 14.6. The second-order valence-corrected chi connectivity index (χ2v) is 13.1. The average molecular weight is 219 g/mol. The summed E-state index contributed by atoms with van der Waals surface area (Å²) < 4.78 is 6.24. The van der Waals surface area contributed by atoms with Crippen LogP contribution in [0, 0.1) is 0 Å². The summed E-state index contributed by atoms with van der Waals surface area (Å²) in [6, 6.07) is 1.21. The number of rotatable bonds is 6. The Labute approximate surface area is 85.4 Å². The highest BCUT2D eigenvalue weighted by Crippen LogP contribution is 2.15. The molecule has 0 aliphatic rings. The van der Waals surface area contributed by atoms with Crippen LogP contribution in [-0.4, -0.2) is 23.3 Å². The minimum Gasteiger partial charge on any atom is -0.445 e. The number of hydrogen-bond donors (Lipinski definition) is 1. The van der Waals surface area contributed by atoms with Gasteiger partial charge < -0.3 is 9.10 Å². The lowest BCUT2D eigenvalue weighted by Gasteiger charge is -2.33. The van der Waals surface area contributed by atoms with Crippen LogP contribution in [0.15, 0.2) is 0 Å².